The number of methoxy groups -OCH3 is 1. The molecule has 0 unspecified atom stereocenters. The fraction of sp³-hybridized carbons (Fsp3) is 0.222. The van der Waals surface area contributed by atoms with Gasteiger partial charge in [0.2, 0.25) is 5.91 Å². The molecule has 2 aromatic rings. The van der Waals surface area contributed by atoms with Gasteiger partial charge in [-0.1, -0.05) is 12.1 Å². The number of fused-ring (bicyclic) bond motifs is 1. The van der Waals surface area contributed by atoms with Crippen LogP contribution in [0.25, 0.3) is 0 Å². The standard InChI is InChI=1S/C18H18N2O4/c1-20-15-10-13(5-8-16(15)24-11-18(20)22)19-17(21)9-12-3-6-14(23-2)7-4-12/h3-8,10H,9,11H2,1-2H3,(H,19,21). The van der Waals surface area contributed by atoms with Gasteiger partial charge in [0.25, 0.3) is 5.91 Å². The number of amides is 2. The number of carbonyl (C=O) groups excluding carboxylic acids is 2. The Bertz CT molecular complexity index is 771. The van der Waals surface area contributed by atoms with Crippen LogP contribution < -0.4 is 19.7 Å². The van der Waals surface area contributed by atoms with Gasteiger partial charge in [0, 0.05) is 12.7 Å². The van der Waals surface area contributed by atoms with E-state index in [-0.39, 0.29) is 24.8 Å². The predicted molar refractivity (Wildman–Crippen MR) is 90.7 cm³/mol. The van der Waals surface area contributed by atoms with Crippen LogP contribution in [0.3, 0.4) is 0 Å². The Morgan fingerprint density at radius 2 is 2.00 bits per heavy atom. The van der Waals surface area contributed by atoms with E-state index in [1.807, 2.05) is 24.3 Å². The lowest BCUT2D eigenvalue weighted by Crippen LogP contribution is -2.35. The Morgan fingerprint density at radius 3 is 2.71 bits per heavy atom. The lowest BCUT2D eigenvalue weighted by Gasteiger charge is -2.26. The van der Waals surface area contributed by atoms with Crippen molar-refractivity contribution in [2.45, 2.75) is 6.42 Å². The molecule has 2 amide bonds. The van der Waals surface area contributed by atoms with Gasteiger partial charge in [-0.05, 0) is 35.9 Å². The highest BCUT2D eigenvalue weighted by Gasteiger charge is 2.22. The Balaban J connectivity index is 1.69. The fourth-order valence-electron chi connectivity index (χ4n) is 2.48. The molecule has 1 N–H and O–H groups in total. The van der Waals surface area contributed by atoms with E-state index < -0.39 is 0 Å². The molecule has 24 heavy (non-hydrogen) atoms. The summed E-state index contributed by atoms with van der Waals surface area (Å²) in [6, 6.07) is 12.6. The summed E-state index contributed by atoms with van der Waals surface area (Å²) >= 11 is 0. The maximum absolute atomic E-state index is 12.2. The highest BCUT2D eigenvalue weighted by Crippen LogP contribution is 2.33. The summed E-state index contributed by atoms with van der Waals surface area (Å²) in [4.78, 5) is 25.4. The van der Waals surface area contributed by atoms with Crippen LogP contribution in [0.5, 0.6) is 11.5 Å². The number of hydrogen-bond donors (Lipinski definition) is 1. The second kappa shape index (κ2) is 6.62. The third-order valence-corrected chi connectivity index (χ3v) is 3.85. The van der Waals surface area contributed by atoms with E-state index in [1.54, 1.807) is 32.4 Å². The maximum Gasteiger partial charge on any atom is 0.264 e. The average Bonchev–Trinajstić information content (AvgIpc) is 2.59. The zero-order valence-electron chi connectivity index (χ0n) is 13.5. The molecule has 0 radical (unpaired) electrons. The summed E-state index contributed by atoms with van der Waals surface area (Å²) in [6.45, 7) is 0.0344. The van der Waals surface area contributed by atoms with Gasteiger partial charge in [-0.2, -0.15) is 0 Å². The van der Waals surface area contributed by atoms with Crippen LogP contribution in [-0.2, 0) is 16.0 Å². The largest absolute Gasteiger partial charge is 0.497 e. The van der Waals surface area contributed by atoms with Crippen LogP contribution in [0.1, 0.15) is 5.56 Å². The van der Waals surface area contributed by atoms with Gasteiger partial charge in [0.1, 0.15) is 11.5 Å². The van der Waals surface area contributed by atoms with Gasteiger partial charge < -0.3 is 19.7 Å². The number of likely N-dealkylation sites (N-methyl/N-ethyl adjacent to an activating group) is 1. The van der Waals surface area contributed by atoms with Crippen molar-refractivity contribution in [1.29, 1.82) is 0 Å². The molecule has 1 aliphatic rings. The smallest absolute Gasteiger partial charge is 0.264 e. The van der Waals surface area contributed by atoms with Crippen molar-refractivity contribution in [2.75, 3.05) is 31.0 Å². The number of nitrogens with zero attached hydrogens (tertiary/aromatic N) is 1. The van der Waals surface area contributed by atoms with E-state index >= 15 is 0 Å². The molecule has 0 atom stereocenters. The van der Waals surface area contributed by atoms with Crippen molar-refractivity contribution in [2.24, 2.45) is 0 Å². The second-order valence-corrected chi connectivity index (χ2v) is 5.50. The van der Waals surface area contributed by atoms with Crippen molar-refractivity contribution in [3.63, 3.8) is 0 Å². The lowest BCUT2D eigenvalue weighted by atomic mass is 10.1. The summed E-state index contributed by atoms with van der Waals surface area (Å²) in [5, 5.41) is 2.84. The molecule has 6 heteroatoms. The molecule has 0 aliphatic carbocycles. The average molecular weight is 326 g/mol. The molecule has 0 aromatic heterocycles. The molecule has 1 heterocycles. The Morgan fingerprint density at radius 1 is 1.25 bits per heavy atom. The molecule has 6 nitrogen and oxygen atoms in total. The number of benzene rings is 2. The van der Waals surface area contributed by atoms with E-state index in [0.717, 1.165) is 11.3 Å². The first-order chi connectivity index (χ1) is 11.6. The summed E-state index contributed by atoms with van der Waals surface area (Å²) < 4.78 is 10.5. The summed E-state index contributed by atoms with van der Waals surface area (Å²) in [7, 11) is 3.29. The van der Waals surface area contributed by atoms with Crippen LogP contribution in [0.15, 0.2) is 42.5 Å². The quantitative estimate of drug-likeness (QED) is 0.935. The molecule has 1 aliphatic heterocycles. The number of carbonyl (C=O) groups is 2. The van der Waals surface area contributed by atoms with Crippen LogP contribution in [0, 0.1) is 0 Å². The van der Waals surface area contributed by atoms with Crippen molar-refractivity contribution < 1.29 is 19.1 Å². The first-order valence-corrected chi connectivity index (χ1v) is 7.53. The van der Waals surface area contributed by atoms with E-state index in [1.165, 1.54) is 4.90 Å². The lowest BCUT2D eigenvalue weighted by molar-refractivity contribution is -0.121. The van der Waals surface area contributed by atoms with E-state index in [0.29, 0.717) is 17.1 Å². The van der Waals surface area contributed by atoms with Gasteiger partial charge in [-0.15, -0.1) is 0 Å². The summed E-state index contributed by atoms with van der Waals surface area (Å²) in [6.07, 6.45) is 0.256. The van der Waals surface area contributed by atoms with Crippen molar-refractivity contribution in [3.8, 4) is 11.5 Å². The highest BCUT2D eigenvalue weighted by molar-refractivity contribution is 5.99. The number of ether oxygens (including phenoxy) is 2. The van der Waals surface area contributed by atoms with E-state index in [2.05, 4.69) is 5.32 Å². The minimum Gasteiger partial charge on any atom is -0.497 e. The monoisotopic (exact) mass is 326 g/mol. The molecule has 0 saturated heterocycles. The van der Waals surface area contributed by atoms with Crippen LogP contribution in [0.4, 0.5) is 11.4 Å². The molecule has 124 valence electrons. The second-order valence-electron chi connectivity index (χ2n) is 5.50. The van der Waals surface area contributed by atoms with Crippen molar-refractivity contribution >= 4 is 23.2 Å². The van der Waals surface area contributed by atoms with Crippen LogP contribution >= 0.6 is 0 Å². The summed E-state index contributed by atoms with van der Waals surface area (Å²) in [5.74, 6) is 1.13. The first-order valence-electron chi connectivity index (χ1n) is 7.53. The van der Waals surface area contributed by atoms with E-state index in [4.69, 9.17) is 9.47 Å². The zero-order valence-corrected chi connectivity index (χ0v) is 13.5. The minimum atomic E-state index is -0.133. The van der Waals surface area contributed by atoms with Gasteiger partial charge in [-0.25, -0.2) is 0 Å². The maximum atomic E-state index is 12.2. The van der Waals surface area contributed by atoms with Crippen molar-refractivity contribution in [3.05, 3.63) is 48.0 Å². The fourth-order valence-corrected chi connectivity index (χ4v) is 2.48. The zero-order chi connectivity index (χ0) is 17.1. The van der Waals surface area contributed by atoms with Crippen LogP contribution in [0.2, 0.25) is 0 Å². The molecule has 3 rings (SSSR count). The molecule has 0 spiro atoms. The number of hydrogen-bond acceptors (Lipinski definition) is 4. The molecule has 0 saturated carbocycles. The number of anilines is 2. The van der Waals surface area contributed by atoms with Crippen LogP contribution in [-0.4, -0.2) is 32.6 Å². The highest BCUT2D eigenvalue weighted by atomic mass is 16.5. The molecular formula is C18H18N2O4. The van der Waals surface area contributed by atoms with Gasteiger partial charge >= 0.3 is 0 Å². The van der Waals surface area contributed by atoms with Gasteiger partial charge in [0.05, 0.1) is 19.2 Å². The molecule has 0 bridgehead atoms. The Labute approximate surface area is 140 Å². The predicted octanol–water partition coefficient (Wildman–Crippen LogP) is 2.23. The Hall–Kier alpha value is -3.02. The normalized spacial score (nSPS) is 13.1. The Kier molecular flexibility index (Phi) is 4.37. The van der Waals surface area contributed by atoms with E-state index in [9.17, 15) is 9.59 Å². The van der Waals surface area contributed by atoms with Gasteiger partial charge in [-0.3, -0.25) is 9.59 Å². The third kappa shape index (κ3) is 3.32. The molecular weight excluding hydrogens is 308 g/mol. The number of nitrogens with one attached hydrogen (secondary N) is 1. The SMILES string of the molecule is COc1ccc(CC(=O)Nc2ccc3c(c2)N(C)C(=O)CO3)cc1. The minimum absolute atomic E-state index is 0.0344. The van der Waals surface area contributed by atoms with Crippen molar-refractivity contribution in [1.82, 2.24) is 0 Å². The molecule has 2 aromatic carbocycles. The third-order valence-electron chi connectivity index (χ3n) is 3.85. The summed E-state index contributed by atoms with van der Waals surface area (Å²) in [5.41, 5.74) is 2.16. The van der Waals surface area contributed by atoms with Gasteiger partial charge in [0.15, 0.2) is 6.61 Å². The first kappa shape index (κ1) is 15.9. The number of rotatable bonds is 4. The molecule has 0 fully saturated rings. The topological polar surface area (TPSA) is 67.9 Å².